The van der Waals surface area contributed by atoms with Crippen molar-refractivity contribution in [1.82, 2.24) is 0 Å². The number of nitrogens with zero attached hydrogens (tertiary/aromatic N) is 2. The van der Waals surface area contributed by atoms with E-state index in [-0.39, 0.29) is 19.3 Å². The predicted molar refractivity (Wildman–Crippen MR) is 118 cm³/mol. The number of ether oxygens (including phenoxy) is 5. The van der Waals surface area contributed by atoms with E-state index in [4.69, 9.17) is 18.9 Å². The zero-order chi connectivity index (χ0) is 24.4. The van der Waals surface area contributed by atoms with E-state index in [0.29, 0.717) is 39.8 Å². The van der Waals surface area contributed by atoms with Crippen LogP contribution in [0, 0.1) is 0 Å². The van der Waals surface area contributed by atoms with E-state index < -0.39 is 18.3 Å². The van der Waals surface area contributed by atoms with Gasteiger partial charge in [-0.3, -0.25) is 9.98 Å². The minimum absolute atomic E-state index is 0.0834. The van der Waals surface area contributed by atoms with E-state index in [1.807, 2.05) is 0 Å². The molecule has 0 atom stereocenters. The fourth-order valence-electron chi connectivity index (χ4n) is 3.24. The van der Waals surface area contributed by atoms with Crippen LogP contribution in [0.5, 0.6) is 28.7 Å². The van der Waals surface area contributed by atoms with Gasteiger partial charge in [0.25, 0.3) is 0 Å². The maximum atomic E-state index is 13.6. The molecule has 3 aromatic carbocycles. The predicted octanol–water partition coefficient (Wildman–Crippen LogP) is 5.88. The van der Waals surface area contributed by atoms with Crippen molar-refractivity contribution < 1.29 is 41.2 Å². The van der Waals surface area contributed by atoms with E-state index in [1.54, 1.807) is 36.4 Å². The number of rotatable bonds is 7. The fourth-order valence-corrected chi connectivity index (χ4v) is 3.24. The number of hydrogen-bond donors (Lipinski definition) is 0. The average Bonchev–Trinajstić information content (AvgIpc) is 3.50. The van der Waals surface area contributed by atoms with Crippen molar-refractivity contribution in [3.05, 3.63) is 65.7 Å². The lowest BCUT2D eigenvalue weighted by atomic mass is 10.2. The lowest BCUT2D eigenvalue weighted by molar-refractivity contribution is -0.252. The average molecular weight is 488 g/mol. The van der Waals surface area contributed by atoms with Crippen LogP contribution in [0.1, 0.15) is 11.1 Å². The van der Waals surface area contributed by atoms with Gasteiger partial charge in [0.05, 0.1) is 5.69 Å². The molecule has 35 heavy (non-hydrogen) atoms. The monoisotopic (exact) mass is 488 g/mol. The lowest BCUT2D eigenvalue weighted by Crippen LogP contribution is -2.33. The number of aliphatic imine (C=N–C) groups is 2. The van der Waals surface area contributed by atoms with Crippen molar-refractivity contribution in [1.29, 1.82) is 0 Å². The first-order chi connectivity index (χ1) is 16.9. The number of alkyl halides is 4. The number of fused-ring (bicyclic) bond motifs is 2. The molecule has 0 saturated carbocycles. The van der Waals surface area contributed by atoms with E-state index in [2.05, 4.69) is 14.7 Å². The molecule has 0 fully saturated rings. The Balaban J connectivity index is 1.44. The van der Waals surface area contributed by atoms with Crippen LogP contribution < -0.4 is 23.7 Å². The van der Waals surface area contributed by atoms with Crippen molar-refractivity contribution in [3.8, 4) is 28.7 Å². The summed E-state index contributed by atoms with van der Waals surface area (Å²) in [5.74, 6) is 1.71. The maximum Gasteiger partial charge on any atom is 0.461 e. The third kappa shape index (κ3) is 4.98. The van der Waals surface area contributed by atoms with Gasteiger partial charge >= 0.3 is 12.5 Å². The first-order valence-electron chi connectivity index (χ1n) is 10.2. The van der Waals surface area contributed by atoms with Gasteiger partial charge in [0.2, 0.25) is 13.6 Å². The molecule has 0 saturated heterocycles. The molecular formula is C24H16F4N2O5. The zero-order valence-electron chi connectivity index (χ0n) is 17.8. The molecule has 2 aliphatic heterocycles. The molecule has 180 valence electrons. The Hall–Kier alpha value is -4.28. The molecule has 0 aliphatic carbocycles. The summed E-state index contributed by atoms with van der Waals surface area (Å²) in [4.78, 5) is 8.49. The normalized spacial score (nSPS) is 14.4. The van der Waals surface area contributed by atoms with Crippen LogP contribution in [0.2, 0.25) is 0 Å². The van der Waals surface area contributed by atoms with Gasteiger partial charge in [0.1, 0.15) is 5.69 Å². The van der Waals surface area contributed by atoms with Crippen LogP contribution in [-0.2, 0) is 0 Å². The zero-order valence-corrected chi connectivity index (χ0v) is 17.8. The highest BCUT2D eigenvalue weighted by atomic mass is 19.3. The minimum atomic E-state index is -4.69. The summed E-state index contributed by atoms with van der Waals surface area (Å²) < 4.78 is 78.0. The number of halogens is 4. The second kappa shape index (κ2) is 9.16. The van der Waals surface area contributed by atoms with Crippen LogP contribution in [-0.4, -0.2) is 38.5 Å². The van der Waals surface area contributed by atoms with Gasteiger partial charge in [-0.25, -0.2) is 0 Å². The van der Waals surface area contributed by atoms with E-state index in [9.17, 15) is 17.6 Å². The summed E-state index contributed by atoms with van der Waals surface area (Å²) in [7, 11) is 0. The van der Waals surface area contributed by atoms with E-state index in [1.165, 1.54) is 24.6 Å². The molecule has 0 bridgehead atoms. The van der Waals surface area contributed by atoms with Crippen LogP contribution in [0.3, 0.4) is 0 Å². The highest BCUT2D eigenvalue weighted by molar-refractivity contribution is 5.86. The molecule has 5 rings (SSSR count). The van der Waals surface area contributed by atoms with Crippen molar-refractivity contribution >= 4 is 23.8 Å². The van der Waals surface area contributed by atoms with Crippen molar-refractivity contribution in [2.24, 2.45) is 9.98 Å². The Labute approximate surface area is 196 Å². The summed E-state index contributed by atoms with van der Waals surface area (Å²) in [5.41, 5.74) is 1.47. The Kier molecular flexibility index (Phi) is 5.89. The molecule has 0 amide bonds. The molecule has 3 aromatic rings. The highest BCUT2D eigenvalue weighted by Crippen LogP contribution is 2.38. The van der Waals surface area contributed by atoms with Gasteiger partial charge < -0.3 is 23.7 Å². The van der Waals surface area contributed by atoms with Gasteiger partial charge in [0.15, 0.2) is 28.7 Å². The summed E-state index contributed by atoms with van der Waals surface area (Å²) in [6.45, 7) is 0.214. The Bertz CT molecular complexity index is 1310. The van der Waals surface area contributed by atoms with Gasteiger partial charge in [-0.1, -0.05) is 0 Å². The summed E-state index contributed by atoms with van der Waals surface area (Å²) >= 11 is 0. The van der Waals surface area contributed by atoms with Crippen molar-refractivity contribution in [2.75, 3.05) is 13.6 Å². The third-order valence-corrected chi connectivity index (χ3v) is 4.95. The van der Waals surface area contributed by atoms with Crippen molar-refractivity contribution in [3.63, 3.8) is 0 Å². The summed E-state index contributed by atoms with van der Waals surface area (Å²) in [6, 6.07) is 14.0. The van der Waals surface area contributed by atoms with Gasteiger partial charge in [-0.2, -0.15) is 17.6 Å². The van der Waals surface area contributed by atoms with Crippen LogP contribution in [0.4, 0.5) is 28.9 Å². The molecular weight excluding hydrogens is 472 g/mol. The van der Waals surface area contributed by atoms with Crippen LogP contribution >= 0.6 is 0 Å². The minimum Gasteiger partial charge on any atom is -0.454 e. The lowest BCUT2D eigenvalue weighted by Gasteiger charge is -2.18. The quantitative estimate of drug-likeness (QED) is 0.307. The molecule has 2 heterocycles. The van der Waals surface area contributed by atoms with Gasteiger partial charge in [-0.15, -0.1) is 0 Å². The second-order valence-corrected chi connectivity index (χ2v) is 7.36. The molecule has 0 N–H and O–H groups in total. The maximum absolute atomic E-state index is 13.6. The molecule has 2 aliphatic rings. The smallest absolute Gasteiger partial charge is 0.454 e. The fraction of sp³-hybridized carbons (Fsp3) is 0.167. The molecule has 7 nitrogen and oxygen atoms in total. The Morgan fingerprint density at radius 2 is 1.31 bits per heavy atom. The van der Waals surface area contributed by atoms with Crippen LogP contribution in [0.25, 0.3) is 0 Å². The number of benzene rings is 3. The Morgan fingerprint density at radius 1 is 0.743 bits per heavy atom. The number of hydrogen-bond acceptors (Lipinski definition) is 7. The first kappa shape index (κ1) is 22.5. The molecule has 0 spiro atoms. The summed E-state index contributed by atoms with van der Waals surface area (Å²) in [6.07, 6.45) is -5.83. The van der Waals surface area contributed by atoms with E-state index >= 15 is 0 Å². The summed E-state index contributed by atoms with van der Waals surface area (Å²) in [5, 5.41) is 0. The van der Waals surface area contributed by atoms with Gasteiger partial charge in [0, 0.05) is 12.4 Å². The molecule has 11 heteroatoms. The van der Waals surface area contributed by atoms with Crippen LogP contribution in [0.15, 0.2) is 64.6 Å². The standard InChI is InChI=1S/C24H16F4N2O5/c25-23(26)24(27,28)35-18-6-3-16(29-10-14-1-4-19-21(7-14)33-12-31-19)9-17(18)30-11-15-2-5-20-22(8-15)34-13-32-20/h1-11,23H,12-13H2. The Morgan fingerprint density at radius 3 is 1.91 bits per heavy atom. The largest absolute Gasteiger partial charge is 0.461 e. The molecule has 0 aromatic heterocycles. The topological polar surface area (TPSA) is 70.9 Å². The first-order valence-corrected chi connectivity index (χ1v) is 10.2. The van der Waals surface area contributed by atoms with Gasteiger partial charge in [-0.05, 0) is 65.7 Å². The van der Waals surface area contributed by atoms with E-state index in [0.717, 1.165) is 6.07 Å². The highest BCUT2D eigenvalue weighted by Gasteiger charge is 2.44. The van der Waals surface area contributed by atoms with Crippen molar-refractivity contribution in [2.45, 2.75) is 12.5 Å². The molecule has 0 radical (unpaired) electrons. The molecule has 0 unspecified atom stereocenters. The third-order valence-electron chi connectivity index (χ3n) is 4.95. The SMILES string of the molecule is FC(F)C(F)(F)Oc1ccc(N=Cc2ccc3c(c2)OCO3)cc1N=Cc1ccc2c(c1)OCO2. The second-order valence-electron chi connectivity index (χ2n) is 7.36.